The second-order valence-electron chi connectivity index (χ2n) is 4.56. The maximum absolute atomic E-state index is 11.9. The van der Waals surface area contributed by atoms with Gasteiger partial charge in [0.15, 0.2) is 0 Å². The molecule has 0 aliphatic rings. The van der Waals surface area contributed by atoms with Crippen molar-refractivity contribution in [1.82, 2.24) is 4.98 Å². The Bertz CT molecular complexity index is 683. The highest BCUT2D eigenvalue weighted by Gasteiger charge is 2.11. The summed E-state index contributed by atoms with van der Waals surface area (Å²) in [4.78, 5) is 26.1. The molecule has 1 heterocycles. The summed E-state index contributed by atoms with van der Waals surface area (Å²) in [5.41, 5.74) is 7.81. The monoisotopic (exact) mass is 286 g/mol. The zero-order valence-electron chi connectivity index (χ0n) is 11.4. The minimum absolute atomic E-state index is 0.00861. The summed E-state index contributed by atoms with van der Waals surface area (Å²) < 4.78 is 0. The number of nitrogens with zero attached hydrogens (tertiary/aromatic N) is 2. The number of aryl methyl sites for hydroxylation is 1. The van der Waals surface area contributed by atoms with Gasteiger partial charge < -0.3 is 11.1 Å². The molecule has 0 atom stereocenters. The van der Waals surface area contributed by atoms with Crippen molar-refractivity contribution in [2.75, 3.05) is 11.1 Å². The smallest absolute Gasteiger partial charge is 0.269 e. The van der Waals surface area contributed by atoms with Crippen molar-refractivity contribution in [3.63, 3.8) is 0 Å². The molecule has 0 radical (unpaired) electrons. The summed E-state index contributed by atoms with van der Waals surface area (Å²) >= 11 is 0. The Kier molecular flexibility index (Phi) is 4.13. The van der Waals surface area contributed by atoms with Gasteiger partial charge in [0.25, 0.3) is 5.69 Å². The fourth-order valence-electron chi connectivity index (χ4n) is 1.80. The molecule has 0 saturated heterocycles. The molecule has 0 spiro atoms. The molecule has 108 valence electrons. The van der Waals surface area contributed by atoms with Crippen LogP contribution >= 0.6 is 0 Å². The molecule has 0 unspecified atom stereocenters. The second kappa shape index (κ2) is 6.00. The van der Waals surface area contributed by atoms with Crippen LogP contribution in [0.3, 0.4) is 0 Å². The van der Waals surface area contributed by atoms with Gasteiger partial charge in [-0.2, -0.15) is 0 Å². The normalized spacial score (nSPS) is 10.1. The highest BCUT2D eigenvalue weighted by Crippen LogP contribution is 2.21. The Hall–Kier alpha value is -2.96. The van der Waals surface area contributed by atoms with E-state index < -0.39 is 4.92 Å². The van der Waals surface area contributed by atoms with Gasteiger partial charge in [0.05, 0.1) is 23.2 Å². The van der Waals surface area contributed by atoms with Gasteiger partial charge in [-0.05, 0) is 30.7 Å². The number of nitrogen functional groups attached to an aromatic ring is 1. The van der Waals surface area contributed by atoms with Crippen LogP contribution in [0.15, 0.2) is 36.5 Å². The van der Waals surface area contributed by atoms with Crippen LogP contribution in [-0.4, -0.2) is 15.8 Å². The van der Waals surface area contributed by atoms with Crippen LogP contribution in [0, 0.1) is 17.0 Å². The summed E-state index contributed by atoms with van der Waals surface area (Å²) in [7, 11) is 0. The Morgan fingerprint density at radius 1 is 1.38 bits per heavy atom. The third-order valence-electron chi connectivity index (χ3n) is 2.88. The minimum Gasteiger partial charge on any atom is -0.397 e. The summed E-state index contributed by atoms with van der Waals surface area (Å²) in [6.45, 7) is 1.70. The Balaban J connectivity index is 2.06. The summed E-state index contributed by atoms with van der Waals surface area (Å²) in [5.74, 6) is -0.246. The molecule has 2 rings (SSSR count). The third kappa shape index (κ3) is 3.75. The van der Waals surface area contributed by atoms with Gasteiger partial charge in [-0.1, -0.05) is 0 Å². The van der Waals surface area contributed by atoms with Crippen LogP contribution in [0.4, 0.5) is 17.1 Å². The largest absolute Gasteiger partial charge is 0.397 e. The molecule has 7 nitrogen and oxygen atoms in total. The van der Waals surface area contributed by atoms with E-state index in [2.05, 4.69) is 10.3 Å². The van der Waals surface area contributed by atoms with E-state index in [1.807, 2.05) is 0 Å². The van der Waals surface area contributed by atoms with Gasteiger partial charge >= 0.3 is 0 Å². The van der Waals surface area contributed by atoms with Gasteiger partial charge in [-0.3, -0.25) is 19.9 Å². The highest BCUT2D eigenvalue weighted by atomic mass is 16.6. The van der Waals surface area contributed by atoms with Crippen LogP contribution < -0.4 is 11.1 Å². The van der Waals surface area contributed by atoms with Crippen molar-refractivity contribution in [3.05, 3.63) is 57.9 Å². The number of nitro benzene ring substituents is 1. The minimum atomic E-state index is -0.475. The van der Waals surface area contributed by atoms with Crippen LogP contribution in [-0.2, 0) is 11.2 Å². The number of nitro groups is 1. The fourth-order valence-corrected chi connectivity index (χ4v) is 1.80. The molecule has 0 aliphatic heterocycles. The molecule has 3 N–H and O–H groups in total. The first kappa shape index (κ1) is 14.4. The SMILES string of the molecule is Cc1cc([N+](=O)[O-])ccc1NC(=O)Cc1ccc(N)cn1. The number of hydrogen-bond donors (Lipinski definition) is 2. The van der Waals surface area contributed by atoms with Gasteiger partial charge in [-0.15, -0.1) is 0 Å². The van der Waals surface area contributed by atoms with Crippen molar-refractivity contribution in [2.24, 2.45) is 0 Å². The fraction of sp³-hybridized carbons (Fsp3) is 0.143. The molecule has 1 aromatic carbocycles. The highest BCUT2D eigenvalue weighted by molar-refractivity contribution is 5.92. The topological polar surface area (TPSA) is 111 Å². The van der Waals surface area contributed by atoms with E-state index in [4.69, 9.17) is 5.73 Å². The van der Waals surface area contributed by atoms with Crippen LogP contribution in [0.2, 0.25) is 0 Å². The van der Waals surface area contributed by atoms with Gasteiger partial charge in [0.2, 0.25) is 5.91 Å². The number of amides is 1. The van der Waals surface area contributed by atoms with E-state index in [0.29, 0.717) is 22.6 Å². The standard InChI is InChI=1S/C14H14N4O3/c1-9-6-12(18(20)21)4-5-13(9)17-14(19)7-11-3-2-10(15)8-16-11/h2-6,8H,7,15H2,1H3,(H,17,19). The average molecular weight is 286 g/mol. The molecule has 1 aromatic heterocycles. The number of carbonyl (C=O) groups is 1. The van der Waals surface area contributed by atoms with Crippen molar-refractivity contribution < 1.29 is 9.72 Å². The lowest BCUT2D eigenvalue weighted by molar-refractivity contribution is -0.384. The van der Waals surface area contributed by atoms with E-state index in [-0.39, 0.29) is 18.0 Å². The first-order valence-electron chi connectivity index (χ1n) is 6.21. The van der Waals surface area contributed by atoms with Gasteiger partial charge in [-0.25, -0.2) is 0 Å². The van der Waals surface area contributed by atoms with E-state index in [1.54, 1.807) is 19.1 Å². The first-order valence-corrected chi connectivity index (χ1v) is 6.21. The lowest BCUT2D eigenvalue weighted by atomic mass is 10.1. The lowest BCUT2D eigenvalue weighted by Gasteiger charge is -2.08. The second-order valence-corrected chi connectivity index (χ2v) is 4.56. The summed E-state index contributed by atoms with van der Waals surface area (Å²) in [5, 5.41) is 13.4. The zero-order valence-corrected chi connectivity index (χ0v) is 11.4. The van der Waals surface area contributed by atoms with E-state index in [1.165, 1.54) is 24.4 Å². The lowest BCUT2D eigenvalue weighted by Crippen LogP contribution is -2.16. The van der Waals surface area contributed by atoms with Crippen molar-refractivity contribution >= 4 is 23.0 Å². The molecule has 0 bridgehead atoms. The molecular formula is C14H14N4O3. The molecule has 0 saturated carbocycles. The van der Waals surface area contributed by atoms with E-state index in [0.717, 1.165) is 0 Å². The van der Waals surface area contributed by atoms with Crippen molar-refractivity contribution in [2.45, 2.75) is 13.3 Å². The number of rotatable bonds is 4. The number of benzene rings is 1. The van der Waals surface area contributed by atoms with Crippen LogP contribution in [0.25, 0.3) is 0 Å². The average Bonchev–Trinajstić information content (AvgIpc) is 2.43. The van der Waals surface area contributed by atoms with E-state index >= 15 is 0 Å². The third-order valence-corrected chi connectivity index (χ3v) is 2.88. The number of carbonyl (C=O) groups excluding carboxylic acids is 1. The molecule has 7 heteroatoms. The number of pyridine rings is 1. The maximum Gasteiger partial charge on any atom is 0.269 e. The Morgan fingerprint density at radius 3 is 2.71 bits per heavy atom. The van der Waals surface area contributed by atoms with Gasteiger partial charge in [0, 0.05) is 23.5 Å². The predicted octanol–water partition coefficient (Wildman–Crippen LogP) is 2.06. The number of nitrogens with two attached hydrogens (primary N) is 1. The summed E-state index contributed by atoms with van der Waals surface area (Å²) in [6, 6.07) is 7.63. The number of aromatic nitrogens is 1. The maximum atomic E-state index is 11.9. The zero-order chi connectivity index (χ0) is 15.4. The van der Waals surface area contributed by atoms with Crippen LogP contribution in [0.1, 0.15) is 11.3 Å². The molecule has 0 aliphatic carbocycles. The number of hydrogen-bond acceptors (Lipinski definition) is 5. The van der Waals surface area contributed by atoms with E-state index in [9.17, 15) is 14.9 Å². The quantitative estimate of drug-likeness (QED) is 0.660. The number of nitrogens with one attached hydrogen (secondary N) is 1. The molecule has 21 heavy (non-hydrogen) atoms. The number of anilines is 2. The summed E-state index contributed by atoms with van der Waals surface area (Å²) in [6.07, 6.45) is 1.59. The molecular weight excluding hydrogens is 272 g/mol. The number of non-ortho nitro benzene ring substituents is 1. The Labute approximate surface area is 121 Å². The van der Waals surface area contributed by atoms with Gasteiger partial charge in [0.1, 0.15) is 0 Å². The van der Waals surface area contributed by atoms with Crippen molar-refractivity contribution in [1.29, 1.82) is 0 Å². The Morgan fingerprint density at radius 2 is 2.14 bits per heavy atom. The molecule has 1 amide bonds. The molecule has 2 aromatic rings. The predicted molar refractivity (Wildman–Crippen MR) is 78.8 cm³/mol. The first-order chi connectivity index (χ1) is 9.95. The van der Waals surface area contributed by atoms with Crippen LogP contribution in [0.5, 0.6) is 0 Å². The van der Waals surface area contributed by atoms with Crippen molar-refractivity contribution in [3.8, 4) is 0 Å². The molecule has 0 fully saturated rings.